The quantitative estimate of drug-likeness (QED) is 0.0682. The van der Waals surface area contributed by atoms with Crippen LogP contribution in [0.3, 0.4) is 0 Å². The topological polar surface area (TPSA) is 324 Å². The summed E-state index contributed by atoms with van der Waals surface area (Å²) in [4.78, 5) is 0. The van der Waals surface area contributed by atoms with Crippen molar-refractivity contribution < 1.29 is 112 Å². The van der Waals surface area contributed by atoms with Gasteiger partial charge in [-0.15, -0.1) is 62.7 Å². The summed E-state index contributed by atoms with van der Waals surface area (Å²) in [5.41, 5.74) is 1.39. The third-order valence-corrected chi connectivity index (χ3v) is 4.96. The van der Waals surface area contributed by atoms with Crippen molar-refractivity contribution in [3.05, 3.63) is 53.6 Å². The monoisotopic (exact) mass is 1000 g/mol. The van der Waals surface area contributed by atoms with E-state index >= 15 is 0 Å². The molecule has 382 valence electrons. The molecule has 1 aliphatic heterocycles. The van der Waals surface area contributed by atoms with Crippen molar-refractivity contribution in [1.82, 2.24) is 0 Å². The van der Waals surface area contributed by atoms with Gasteiger partial charge >= 0.3 is 0 Å². The van der Waals surface area contributed by atoms with Crippen LogP contribution in [0.4, 0.5) is 0 Å². The Labute approximate surface area is 418 Å². The molecular weight excluding hydrogens is 953 g/mol. The van der Waals surface area contributed by atoms with Crippen LogP contribution in [0.2, 0.25) is 0 Å². The van der Waals surface area contributed by atoms with Crippen molar-refractivity contribution in [2.45, 2.75) is 67.1 Å². The van der Waals surface area contributed by atoms with E-state index in [0.717, 1.165) is 5.56 Å². The van der Waals surface area contributed by atoms with Crippen molar-refractivity contribution in [3.63, 3.8) is 0 Å². The zero-order valence-electron chi connectivity index (χ0n) is 39.4. The van der Waals surface area contributed by atoms with E-state index in [1.165, 1.54) is 12.1 Å². The van der Waals surface area contributed by atoms with Gasteiger partial charge < -0.3 is 25.5 Å². The molecule has 0 aromatic heterocycles. The van der Waals surface area contributed by atoms with Crippen molar-refractivity contribution in [2.75, 3.05) is 0 Å². The second-order valence-electron chi connectivity index (χ2n) is 9.07. The second kappa shape index (κ2) is 82.1. The van der Waals surface area contributed by atoms with E-state index in [4.69, 9.17) is 62.0 Å². The summed E-state index contributed by atoms with van der Waals surface area (Å²) in [6.45, 7) is 12.2. The maximum Gasteiger partial charge on any atom is 0.150 e. The van der Waals surface area contributed by atoms with Crippen LogP contribution in [0.1, 0.15) is 65.7 Å². The van der Waals surface area contributed by atoms with Crippen LogP contribution in [-0.2, 0) is 61.8 Å². The third kappa shape index (κ3) is 75.2. The first-order valence-corrected chi connectivity index (χ1v) is 17.5. The SMILES string of the molecule is C#C.C#CC.C#CC#CC.C#CC#CC#C.C#CC#CC#CC.CC#CC.CC#CC#CC#CC.O.OOO.OOOOOOO.OOOOOOO.Oc1cc(O)c2c(c1)OC(c1ccccc1)C(O)C2. The number of aromatic hydroxyl groups is 2. The number of phenols is 2. The van der Waals surface area contributed by atoms with Gasteiger partial charge in [0.05, 0.1) is 6.10 Å². The van der Waals surface area contributed by atoms with Crippen molar-refractivity contribution >= 4 is 0 Å². The Morgan fingerprint density at radius 3 is 1.12 bits per heavy atom. The molecular formula is C50H50O22. The smallest absolute Gasteiger partial charge is 0.150 e. The lowest BCUT2D eigenvalue weighted by Crippen LogP contribution is -2.30. The van der Waals surface area contributed by atoms with Crippen LogP contribution in [-0.4, -0.2) is 58.4 Å². The zero-order valence-corrected chi connectivity index (χ0v) is 39.4. The molecule has 22 nitrogen and oxygen atoms in total. The van der Waals surface area contributed by atoms with Crippen LogP contribution < -0.4 is 4.74 Å². The van der Waals surface area contributed by atoms with Crippen molar-refractivity contribution in [3.8, 4) is 187 Å². The molecule has 2 atom stereocenters. The number of phenolic OH excluding ortho intramolecular Hbond substituents is 2. The summed E-state index contributed by atoms with van der Waals surface area (Å²) in [5, 5.41) is 104. The van der Waals surface area contributed by atoms with Gasteiger partial charge in [-0.25, -0.2) is 31.5 Å². The first-order chi connectivity index (χ1) is 34.4. The first-order valence-electron chi connectivity index (χ1n) is 17.5. The molecule has 22 heteroatoms. The minimum absolute atomic E-state index is 0. The highest BCUT2D eigenvalue weighted by Crippen LogP contribution is 2.41. The van der Waals surface area contributed by atoms with Crippen LogP contribution in [0.25, 0.3) is 0 Å². The predicted octanol–water partition coefficient (Wildman–Crippen LogP) is 5.11. The van der Waals surface area contributed by atoms with Crippen LogP contribution >= 0.6 is 0 Å². The number of terminal acetylenes is 6. The fourth-order valence-electron chi connectivity index (χ4n) is 2.93. The van der Waals surface area contributed by atoms with E-state index in [-0.39, 0.29) is 17.0 Å². The Kier molecular flexibility index (Phi) is 94.6. The molecule has 0 saturated carbocycles. The number of hydrogen-bond acceptors (Lipinski definition) is 21. The minimum Gasteiger partial charge on any atom is -0.508 e. The predicted molar refractivity (Wildman–Crippen MR) is 257 cm³/mol. The highest BCUT2D eigenvalue weighted by Gasteiger charge is 2.31. The number of ether oxygens (including phenoxy) is 1. The van der Waals surface area contributed by atoms with E-state index in [2.05, 4.69) is 199 Å². The van der Waals surface area contributed by atoms with Crippen LogP contribution in [0.15, 0.2) is 42.5 Å². The lowest BCUT2D eigenvalue weighted by Gasteiger charge is -2.31. The van der Waals surface area contributed by atoms with Gasteiger partial charge in [-0.1, -0.05) is 59.1 Å². The van der Waals surface area contributed by atoms with Gasteiger partial charge in [0.25, 0.3) is 0 Å². The summed E-state index contributed by atoms with van der Waals surface area (Å²) in [6.07, 6.45) is 30.6. The lowest BCUT2D eigenvalue weighted by molar-refractivity contribution is -0.784. The molecule has 2 aromatic carbocycles. The summed E-state index contributed by atoms with van der Waals surface area (Å²) < 4.78 is 5.72. The Balaban J connectivity index is -0.0000000931. The Morgan fingerprint density at radius 2 is 0.833 bits per heavy atom. The lowest BCUT2D eigenvalue weighted by atomic mass is 9.94. The van der Waals surface area contributed by atoms with Gasteiger partial charge in [-0.05, 0) is 187 Å². The van der Waals surface area contributed by atoms with Gasteiger partial charge in [-0.2, -0.15) is 0 Å². The molecule has 1 aliphatic rings. The van der Waals surface area contributed by atoms with E-state index in [0.29, 0.717) is 17.7 Å². The molecule has 0 bridgehead atoms. The zero-order chi connectivity index (χ0) is 56.0. The van der Waals surface area contributed by atoms with Gasteiger partial charge in [0, 0.05) is 24.1 Å². The molecule has 0 radical (unpaired) electrons. The van der Waals surface area contributed by atoms with Crippen molar-refractivity contribution in [1.29, 1.82) is 0 Å². The maximum absolute atomic E-state index is 10.2. The maximum atomic E-state index is 10.2. The standard InChI is InChI=1S/C15H14O4.C8H6.C7H4.C6H2.C5H4.C4H6.C3H4.C2H2.2H2O7.H2O3.H2O/c16-10-6-12(17)11-8-13(18)15(19-14(11)7-10)9-4-2-1-3-5-9;1-3-5-7-8-6-4-2;1-3-5-7-6-4-2;1-3-5-6-4-2;1-3-5-4-2;1-3-4-2;1-3-2;1-2;2*1-3-5-7-6-4-2;1-3-2;/h1-7,13,15-18H,8H2;1-2H3;1H,2H3;1-2H;1H,2H3;1-2H3;1H,2H3;1-2H;2*1-2H;1-2H;1H2. The van der Waals surface area contributed by atoms with Gasteiger partial charge in [0.15, 0.2) is 0 Å². The molecule has 2 aromatic rings. The summed E-state index contributed by atoms with van der Waals surface area (Å²) in [7, 11) is 0. The fraction of sp³-hybridized carbons (Fsp3) is 0.200. The molecule has 0 amide bonds. The number of benzene rings is 2. The number of aliphatic hydroxyl groups is 1. The summed E-state index contributed by atoms with van der Waals surface area (Å²) in [6, 6.07) is 12.1. The Bertz CT molecular complexity index is 2310. The van der Waals surface area contributed by atoms with Gasteiger partial charge in [0.2, 0.25) is 0 Å². The average molecular weight is 1000 g/mol. The summed E-state index contributed by atoms with van der Waals surface area (Å²) >= 11 is 0. The van der Waals surface area contributed by atoms with E-state index in [1.54, 1.807) is 34.6 Å². The molecule has 72 heavy (non-hydrogen) atoms. The molecule has 0 saturated heterocycles. The highest BCUT2D eigenvalue weighted by atomic mass is 17.9. The number of rotatable bonds is 9. The highest BCUT2D eigenvalue weighted by molar-refractivity contribution is 5.51. The summed E-state index contributed by atoms with van der Waals surface area (Å²) in [5.74, 6) is 51.1. The Hall–Kier alpha value is -9.08. The van der Waals surface area contributed by atoms with Crippen LogP contribution in [0, 0.1) is 169 Å². The third-order valence-electron chi connectivity index (χ3n) is 4.96. The molecule has 2 unspecified atom stereocenters. The van der Waals surface area contributed by atoms with E-state index in [1.807, 2.05) is 44.2 Å². The largest absolute Gasteiger partial charge is 0.508 e. The van der Waals surface area contributed by atoms with Gasteiger partial charge in [-0.3, -0.25) is 0 Å². The Morgan fingerprint density at radius 1 is 0.500 bits per heavy atom. The van der Waals surface area contributed by atoms with Gasteiger partial charge in [0.1, 0.15) is 23.4 Å². The first kappa shape index (κ1) is 83.0. The molecule has 0 spiro atoms. The molecule has 1 heterocycles. The van der Waals surface area contributed by atoms with E-state index in [9.17, 15) is 15.3 Å². The number of aliphatic hydroxyl groups excluding tert-OH is 1. The minimum atomic E-state index is -0.731. The normalized spacial score (nSPS) is 9.32. The second-order valence-corrected chi connectivity index (χ2v) is 9.07. The molecule has 0 fully saturated rings. The number of fused-ring (bicyclic) bond motifs is 1. The van der Waals surface area contributed by atoms with E-state index < -0.39 is 12.2 Å². The van der Waals surface area contributed by atoms with Crippen molar-refractivity contribution in [2.24, 2.45) is 0 Å². The van der Waals surface area contributed by atoms with Crippen LogP contribution in [0.5, 0.6) is 17.2 Å². The fourth-order valence-corrected chi connectivity index (χ4v) is 2.93. The number of hydrogen-bond donors (Lipinski definition) is 9. The molecule has 3 rings (SSSR count). The molecule has 11 N–H and O–H groups in total. The molecule has 0 aliphatic carbocycles. The average Bonchev–Trinajstić information content (AvgIpc) is 3.38.